The summed E-state index contributed by atoms with van der Waals surface area (Å²) in [6.07, 6.45) is 5.71. The van der Waals surface area contributed by atoms with E-state index in [1.807, 2.05) is 12.1 Å². The molecule has 4 heterocycles. The molecule has 1 fully saturated rings. The maximum Gasteiger partial charge on any atom is 0.291 e. The fraction of sp³-hybridized carbons (Fsp3) is 0.250. The van der Waals surface area contributed by atoms with Gasteiger partial charge in [0, 0.05) is 25.4 Å². The van der Waals surface area contributed by atoms with Gasteiger partial charge in [-0.1, -0.05) is 6.07 Å². The first-order chi connectivity index (χ1) is 13.2. The van der Waals surface area contributed by atoms with E-state index < -0.39 is 0 Å². The number of pyridine rings is 2. The van der Waals surface area contributed by atoms with E-state index in [1.165, 1.54) is 23.5 Å². The molecule has 0 unspecified atom stereocenters. The van der Waals surface area contributed by atoms with Crippen molar-refractivity contribution in [2.75, 3.05) is 23.3 Å². The fourth-order valence-electron chi connectivity index (χ4n) is 3.13. The van der Waals surface area contributed by atoms with Gasteiger partial charge in [-0.05, 0) is 43.2 Å². The second-order valence-electron chi connectivity index (χ2n) is 6.49. The molecule has 7 nitrogen and oxygen atoms in total. The van der Waals surface area contributed by atoms with Crippen molar-refractivity contribution in [3.8, 4) is 0 Å². The molecule has 0 spiro atoms. The van der Waals surface area contributed by atoms with Crippen molar-refractivity contribution in [1.82, 2.24) is 9.55 Å². The van der Waals surface area contributed by atoms with Gasteiger partial charge in [-0.3, -0.25) is 9.59 Å². The van der Waals surface area contributed by atoms with Gasteiger partial charge in [-0.15, -0.1) is 0 Å². The van der Waals surface area contributed by atoms with Crippen LogP contribution in [0.3, 0.4) is 0 Å². The smallest absolute Gasteiger partial charge is 0.291 e. The van der Waals surface area contributed by atoms with Crippen molar-refractivity contribution in [2.45, 2.75) is 19.4 Å². The molecule has 0 aliphatic carbocycles. The summed E-state index contributed by atoms with van der Waals surface area (Å²) in [7, 11) is 0. The molecule has 4 rings (SSSR count). The van der Waals surface area contributed by atoms with E-state index in [9.17, 15) is 9.59 Å². The predicted molar refractivity (Wildman–Crippen MR) is 102 cm³/mol. The summed E-state index contributed by atoms with van der Waals surface area (Å²) in [5.74, 6) is 1.31. The lowest BCUT2D eigenvalue weighted by Crippen LogP contribution is -2.19. The Kier molecular flexibility index (Phi) is 4.74. The number of carbonyl (C=O) groups is 1. The summed E-state index contributed by atoms with van der Waals surface area (Å²) in [5, 5.41) is 2.78. The van der Waals surface area contributed by atoms with E-state index >= 15 is 0 Å². The average Bonchev–Trinajstić information content (AvgIpc) is 3.36. The fourth-order valence-corrected chi connectivity index (χ4v) is 3.13. The van der Waals surface area contributed by atoms with E-state index in [0.29, 0.717) is 11.4 Å². The van der Waals surface area contributed by atoms with Gasteiger partial charge in [0.1, 0.15) is 11.6 Å². The molecule has 27 heavy (non-hydrogen) atoms. The van der Waals surface area contributed by atoms with Crippen LogP contribution >= 0.6 is 0 Å². The van der Waals surface area contributed by atoms with Crippen molar-refractivity contribution >= 4 is 17.4 Å². The third-order valence-corrected chi connectivity index (χ3v) is 4.55. The highest BCUT2D eigenvalue weighted by atomic mass is 16.4. The first-order valence-electron chi connectivity index (χ1n) is 8.95. The molecular formula is C20H20N4O3. The van der Waals surface area contributed by atoms with Gasteiger partial charge in [0.2, 0.25) is 0 Å². The van der Waals surface area contributed by atoms with E-state index in [2.05, 4.69) is 15.2 Å². The van der Waals surface area contributed by atoms with Crippen molar-refractivity contribution in [3.05, 3.63) is 76.7 Å². The van der Waals surface area contributed by atoms with Crippen molar-refractivity contribution in [1.29, 1.82) is 0 Å². The molecule has 1 aliphatic heterocycles. The van der Waals surface area contributed by atoms with Gasteiger partial charge in [0.25, 0.3) is 11.5 Å². The quantitative estimate of drug-likeness (QED) is 0.753. The Bertz CT molecular complexity index is 985. The molecule has 1 aliphatic rings. The summed E-state index contributed by atoms with van der Waals surface area (Å²) in [6, 6.07) is 12.0. The van der Waals surface area contributed by atoms with Gasteiger partial charge in [0.15, 0.2) is 5.76 Å². The van der Waals surface area contributed by atoms with E-state index in [0.717, 1.165) is 18.9 Å². The van der Waals surface area contributed by atoms with Crippen LogP contribution in [0.15, 0.2) is 64.1 Å². The first kappa shape index (κ1) is 17.1. The van der Waals surface area contributed by atoms with Crippen LogP contribution in [0, 0.1) is 0 Å². The average molecular weight is 364 g/mol. The molecule has 0 atom stereocenters. The number of nitrogens with one attached hydrogen (secondary N) is 1. The van der Waals surface area contributed by atoms with Gasteiger partial charge in [-0.2, -0.15) is 0 Å². The summed E-state index contributed by atoms with van der Waals surface area (Å²) in [6.45, 7) is 2.33. The normalized spacial score (nSPS) is 13.7. The minimum atomic E-state index is -0.350. The standard InChI is InChI=1S/C20H20N4O3/c25-19-5-1-2-12-24(19)14-16-7-8-17(27-16)20(26)22-15-6-9-18(21-13-15)23-10-3-4-11-23/h1-2,5-9,12-13H,3-4,10-11,14H2,(H,22,26). The lowest BCUT2D eigenvalue weighted by molar-refractivity contribution is 0.0994. The van der Waals surface area contributed by atoms with Crippen molar-refractivity contribution in [2.24, 2.45) is 0 Å². The number of hydrogen-bond donors (Lipinski definition) is 1. The number of carbonyl (C=O) groups excluding carboxylic acids is 1. The zero-order chi connectivity index (χ0) is 18.6. The molecule has 0 aromatic carbocycles. The van der Waals surface area contributed by atoms with Gasteiger partial charge in [0.05, 0.1) is 18.4 Å². The molecule has 1 N–H and O–H groups in total. The number of rotatable bonds is 5. The van der Waals surface area contributed by atoms with Crippen LogP contribution in [0.4, 0.5) is 11.5 Å². The Labute approximate surface area is 156 Å². The van der Waals surface area contributed by atoms with Crippen LogP contribution in [0.1, 0.15) is 29.2 Å². The molecular weight excluding hydrogens is 344 g/mol. The highest BCUT2D eigenvalue weighted by Crippen LogP contribution is 2.19. The highest BCUT2D eigenvalue weighted by molar-refractivity contribution is 6.02. The summed E-state index contributed by atoms with van der Waals surface area (Å²) in [4.78, 5) is 30.8. The van der Waals surface area contributed by atoms with Crippen LogP contribution in [0.25, 0.3) is 0 Å². The Morgan fingerprint density at radius 2 is 1.96 bits per heavy atom. The summed E-state index contributed by atoms with van der Waals surface area (Å²) in [5.41, 5.74) is 0.490. The number of furan rings is 1. The molecule has 7 heteroatoms. The minimum Gasteiger partial charge on any atom is -0.454 e. The first-order valence-corrected chi connectivity index (χ1v) is 8.95. The van der Waals surface area contributed by atoms with Gasteiger partial charge >= 0.3 is 0 Å². The van der Waals surface area contributed by atoms with Crippen molar-refractivity contribution < 1.29 is 9.21 Å². The Morgan fingerprint density at radius 3 is 2.70 bits per heavy atom. The molecule has 3 aromatic heterocycles. The van der Waals surface area contributed by atoms with Crippen LogP contribution < -0.4 is 15.8 Å². The second-order valence-corrected chi connectivity index (χ2v) is 6.49. The molecule has 1 amide bonds. The van der Waals surface area contributed by atoms with E-state index in [-0.39, 0.29) is 23.8 Å². The Balaban J connectivity index is 1.40. The largest absolute Gasteiger partial charge is 0.454 e. The van der Waals surface area contributed by atoms with Crippen LogP contribution in [-0.2, 0) is 6.54 Å². The van der Waals surface area contributed by atoms with Gasteiger partial charge in [-0.25, -0.2) is 4.98 Å². The summed E-state index contributed by atoms with van der Waals surface area (Å²) < 4.78 is 7.10. The maximum absolute atomic E-state index is 12.4. The zero-order valence-electron chi connectivity index (χ0n) is 14.8. The number of anilines is 2. The monoisotopic (exact) mass is 364 g/mol. The SMILES string of the molecule is O=C(Nc1ccc(N2CCCC2)nc1)c1ccc(Cn2ccccc2=O)o1. The molecule has 0 saturated carbocycles. The molecule has 0 radical (unpaired) electrons. The molecule has 138 valence electrons. The van der Waals surface area contributed by atoms with Crippen LogP contribution in [-0.4, -0.2) is 28.5 Å². The van der Waals surface area contributed by atoms with E-state index in [1.54, 1.807) is 36.7 Å². The maximum atomic E-state index is 12.4. The third kappa shape index (κ3) is 3.92. The van der Waals surface area contributed by atoms with Crippen LogP contribution in [0.2, 0.25) is 0 Å². The van der Waals surface area contributed by atoms with E-state index in [4.69, 9.17) is 4.42 Å². The predicted octanol–water partition coefficient (Wildman–Crippen LogP) is 2.74. The molecule has 0 bridgehead atoms. The lowest BCUT2D eigenvalue weighted by atomic mass is 10.3. The highest BCUT2D eigenvalue weighted by Gasteiger charge is 2.15. The topological polar surface area (TPSA) is 80.4 Å². The van der Waals surface area contributed by atoms with Crippen LogP contribution in [0.5, 0.6) is 0 Å². The lowest BCUT2D eigenvalue weighted by Gasteiger charge is -2.16. The third-order valence-electron chi connectivity index (χ3n) is 4.55. The number of amides is 1. The number of nitrogens with zero attached hydrogens (tertiary/aromatic N) is 3. The molecule has 1 saturated heterocycles. The minimum absolute atomic E-state index is 0.121. The Hall–Kier alpha value is -3.35. The second kappa shape index (κ2) is 7.49. The number of hydrogen-bond acceptors (Lipinski definition) is 5. The zero-order valence-corrected chi connectivity index (χ0v) is 14.8. The van der Waals surface area contributed by atoms with Gasteiger partial charge < -0.3 is 19.2 Å². The Morgan fingerprint density at radius 1 is 1.11 bits per heavy atom. The molecule has 3 aromatic rings. The summed E-state index contributed by atoms with van der Waals surface area (Å²) >= 11 is 0. The van der Waals surface area contributed by atoms with Crippen molar-refractivity contribution in [3.63, 3.8) is 0 Å². The number of aromatic nitrogens is 2.